The Morgan fingerprint density at radius 1 is 1.12 bits per heavy atom. The second-order valence-electron chi connectivity index (χ2n) is 6.58. The normalized spacial score (nSPS) is 12.5. The lowest BCUT2D eigenvalue weighted by Crippen LogP contribution is -2.29. The number of rotatable bonds is 6. The summed E-state index contributed by atoms with van der Waals surface area (Å²) in [5, 5.41) is 3.04. The van der Waals surface area contributed by atoms with Crippen molar-refractivity contribution in [3.63, 3.8) is 0 Å². The maximum absolute atomic E-state index is 12.7. The molecular formula is C20H26N2O3S. The van der Waals surface area contributed by atoms with Crippen LogP contribution in [0.1, 0.15) is 46.4 Å². The molecule has 1 N–H and O–H groups in total. The average molecular weight is 375 g/mol. The lowest BCUT2D eigenvalue weighted by Gasteiger charge is -2.21. The number of hydrogen-bond donors (Lipinski definition) is 1. The number of carbonyl (C=O) groups is 1. The molecule has 1 amide bonds. The molecule has 0 aromatic heterocycles. The van der Waals surface area contributed by atoms with Crippen molar-refractivity contribution < 1.29 is 13.2 Å². The monoisotopic (exact) mass is 374 g/mol. The first-order chi connectivity index (χ1) is 12.1. The highest BCUT2D eigenvalue weighted by atomic mass is 32.2. The second-order valence-corrected chi connectivity index (χ2v) is 8.59. The quantitative estimate of drug-likeness (QED) is 0.840. The van der Waals surface area contributed by atoms with Crippen LogP contribution in [0.25, 0.3) is 0 Å². The molecular weight excluding hydrogens is 348 g/mol. The van der Waals surface area contributed by atoms with E-state index in [1.807, 2.05) is 45.0 Å². The highest BCUT2D eigenvalue weighted by Crippen LogP contribution is 2.24. The maximum atomic E-state index is 12.7. The van der Waals surface area contributed by atoms with E-state index in [9.17, 15) is 13.2 Å². The molecule has 2 aromatic carbocycles. The number of nitrogens with zero attached hydrogens (tertiary/aromatic N) is 1. The first-order valence-corrected chi connectivity index (χ1v) is 10.4. The van der Waals surface area contributed by atoms with Crippen LogP contribution in [0, 0.1) is 13.8 Å². The van der Waals surface area contributed by atoms with Crippen molar-refractivity contribution in [2.24, 2.45) is 0 Å². The lowest BCUT2D eigenvalue weighted by molar-refractivity contribution is 0.0935. The Morgan fingerprint density at radius 3 is 2.27 bits per heavy atom. The lowest BCUT2D eigenvalue weighted by atomic mass is 10.0. The van der Waals surface area contributed by atoms with Crippen LogP contribution in [0.5, 0.6) is 0 Å². The molecule has 0 saturated carbocycles. The minimum absolute atomic E-state index is 0.0968. The van der Waals surface area contributed by atoms with Gasteiger partial charge in [-0.3, -0.25) is 9.10 Å². The van der Waals surface area contributed by atoms with Gasteiger partial charge in [-0.15, -0.1) is 0 Å². The molecule has 2 aromatic rings. The molecule has 0 radical (unpaired) electrons. The third kappa shape index (κ3) is 4.64. The van der Waals surface area contributed by atoms with Crippen molar-refractivity contribution >= 4 is 21.6 Å². The van der Waals surface area contributed by atoms with Crippen LogP contribution < -0.4 is 9.62 Å². The summed E-state index contributed by atoms with van der Waals surface area (Å²) in [7, 11) is -1.91. The van der Waals surface area contributed by atoms with Crippen LogP contribution in [0.2, 0.25) is 0 Å². The summed E-state index contributed by atoms with van der Waals surface area (Å²) in [6.07, 6.45) is 1.90. The van der Waals surface area contributed by atoms with Gasteiger partial charge in [0.15, 0.2) is 0 Å². The smallest absolute Gasteiger partial charge is 0.251 e. The van der Waals surface area contributed by atoms with Crippen LogP contribution in [-0.2, 0) is 10.0 Å². The SMILES string of the molecule is CC[C@H](NC(=O)c1ccc(C)c(N(C)S(C)(=O)=O)c1)c1ccc(C)cc1. The molecule has 0 unspecified atom stereocenters. The average Bonchev–Trinajstić information content (AvgIpc) is 2.59. The minimum atomic E-state index is -3.39. The Kier molecular flexibility index (Phi) is 6.08. The van der Waals surface area contributed by atoms with E-state index in [4.69, 9.17) is 0 Å². The molecule has 5 nitrogen and oxygen atoms in total. The van der Waals surface area contributed by atoms with Crippen molar-refractivity contribution in [2.75, 3.05) is 17.6 Å². The van der Waals surface area contributed by atoms with Gasteiger partial charge in [0.1, 0.15) is 0 Å². The van der Waals surface area contributed by atoms with Gasteiger partial charge in [-0.05, 0) is 43.5 Å². The predicted molar refractivity (Wildman–Crippen MR) is 106 cm³/mol. The fourth-order valence-electron chi connectivity index (χ4n) is 2.73. The van der Waals surface area contributed by atoms with E-state index in [2.05, 4.69) is 5.32 Å². The van der Waals surface area contributed by atoms with E-state index in [0.717, 1.165) is 23.8 Å². The van der Waals surface area contributed by atoms with Gasteiger partial charge >= 0.3 is 0 Å². The number of hydrogen-bond acceptors (Lipinski definition) is 3. The molecule has 0 saturated heterocycles. The van der Waals surface area contributed by atoms with Crippen molar-refractivity contribution in [3.8, 4) is 0 Å². The van der Waals surface area contributed by atoms with Gasteiger partial charge in [0, 0.05) is 12.6 Å². The van der Waals surface area contributed by atoms with Crippen LogP contribution >= 0.6 is 0 Å². The van der Waals surface area contributed by atoms with Gasteiger partial charge in [-0.1, -0.05) is 42.8 Å². The van der Waals surface area contributed by atoms with Crippen LogP contribution in [0.15, 0.2) is 42.5 Å². The van der Waals surface area contributed by atoms with Gasteiger partial charge in [-0.2, -0.15) is 0 Å². The molecule has 0 heterocycles. The summed E-state index contributed by atoms with van der Waals surface area (Å²) < 4.78 is 24.8. The van der Waals surface area contributed by atoms with Gasteiger partial charge in [0.05, 0.1) is 18.0 Å². The van der Waals surface area contributed by atoms with Crippen molar-refractivity contribution in [2.45, 2.75) is 33.2 Å². The molecule has 26 heavy (non-hydrogen) atoms. The largest absolute Gasteiger partial charge is 0.345 e. The molecule has 140 valence electrons. The van der Waals surface area contributed by atoms with Crippen LogP contribution in [0.4, 0.5) is 5.69 Å². The van der Waals surface area contributed by atoms with Gasteiger partial charge < -0.3 is 5.32 Å². The third-order valence-corrected chi connectivity index (χ3v) is 5.69. The second kappa shape index (κ2) is 7.91. The van der Waals surface area contributed by atoms with E-state index < -0.39 is 10.0 Å². The summed E-state index contributed by atoms with van der Waals surface area (Å²) in [5.74, 6) is -0.222. The van der Waals surface area contributed by atoms with E-state index in [1.165, 1.54) is 16.9 Å². The molecule has 0 aliphatic rings. The Balaban J connectivity index is 2.27. The predicted octanol–water partition coefficient (Wildman–Crippen LogP) is 3.58. The molecule has 0 fully saturated rings. The molecule has 1 atom stereocenters. The Labute approximate surface area is 156 Å². The number of aryl methyl sites for hydroxylation is 2. The molecule has 0 aliphatic carbocycles. The molecule has 6 heteroatoms. The Bertz CT molecular complexity index is 890. The first-order valence-electron chi connectivity index (χ1n) is 8.55. The maximum Gasteiger partial charge on any atom is 0.251 e. The Hall–Kier alpha value is -2.34. The van der Waals surface area contributed by atoms with Crippen molar-refractivity contribution in [3.05, 3.63) is 64.7 Å². The topological polar surface area (TPSA) is 66.5 Å². The number of nitrogens with one attached hydrogen (secondary N) is 1. The summed E-state index contributed by atoms with van der Waals surface area (Å²) in [4.78, 5) is 12.7. The fraction of sp³-hybridized carbons (Fsp3) is 0.350. The van der Waals surface area contributed by atoms with E-state index >= 15 is 0 Å². The highest BCUT2D eigenvalue weighted by molar-refractivity contribution is 7.92. The standard InChI is InChI=1S/C20H26N2O3S/c1-6-18(16-10-7-14(2)8-11-16)21-20(23)17-12-9-15(3)19(13-17)22(4)26(5,24)25/h7-13,18H,6H2,1-5H3,(H,21,23)/t18-/m0/s1. The van der Waals surface area contributed by atoms with Crippen molar-refractivity contribution in [1.29, 1.82) is 0 Å². The minimum Gasteiger partial charge on any atom is -0.345 e. The number of anilines is 1. The third-order valence-electron chi connectivity index (χ3n) is 4.50. The number of sulfonamides is 1. The van der Waals surface area contributed by atoms with Gasteiger partial charge in [0.25, 0.3) is 5.91 Å². The van der Waals surface area contributed by atoms with Crippen LogP contribution in [0.3, 0.4) is 0 Å². The van der Waals surface area contributed by atoms with E-state index in [-0.39, 0.29) is 11.9 Å². The summed E-state index contributed by atoms with van der Waals surface area (Å²) in [6, 6.07) is 13.1. The zero-order chi connectivity index (χ0) is 19.5. The Morgan fingerprint density at radius 2 is 1.73 bits per heavy atom. The number of amides is 1. The van der Waals surface area contributed by atoms with E-state index in [1.54, 1.807) is 18.2 Å². The number of benzene rings is 2. The van der Waals surface area contributed by atoms with Gasteiger partial charge in [-0.25, -0.2) is 8.42 Å². The number of carbonyl (C=O) groups excluding carboxylic acids is 1. The first kappa shape index (κ1) is 20.0. The zero-order valence-electron chi connectivity index (χ0n) is 15.9. The highest BCUT2D eigenvalue weighted by Gasteiger charge is 2.18. The molecule has 2 rings (SSSR count). The molecule has 0 aliphatic heterocycles. The fourth-order valence-corrected chi connectivity index (χ4v) is 3.28. The molecule has 0 spiro atoms. The zero-order valence-corrected chi connectivity index (χ0v) is 16.7. The summed E-state index contributed by atoms with van der Waals surface area (Å²) in [6.45, 7) is 5.86. The molecule has 0 bridgehead atoms. The van der Waals surface area contributed by atoms with Crippen LogP contribution in [-0.4, -0.2) is 27.6 Å². The summed E-state index contributed by atoms with van der Waals surface area (Å²) in [5.41, 5.74) is 3.95. The van der Waals surface area contributed by atoms with E-state index in [0.29, 0.717) is 11.3 Å². The van der Waals surface area contributed by atoms with Crippen molar-refractivity contribution in [1.82, 2.24) is 5.32 Å². The summed E-state index contributed by atoms with van der Waals surface area (Å²) >= 11 is 0. The van der Waals surface area contributed by atoms with Gasteiger partial charge in [0.2, 0.25) is 10.0 Å².